The predicted octanol–water partition coefficient (Wildman–Crippen LogP) is 4.70. The topological polar surface area (TPSA) is 79.4 Å². The second-order valence-electron chi connectivity index (χ2n) is 6.30. The fourth-order valence-corrected chi connectivity index (χ4v) is 3.20. The number of hydrogen-bond acceptors (Lipinski definition) is 5. The largest absolute Gasteiger partial charge is 0.493 e. The minimum atomic E-state index is -3.18. The molecule has 28 heavy (non-hydrogen) atoms. The summed E-state index contributed by atoms with van der Waals surface area (Å²) in [6, 6.07) is 6.59. The number of nitro benzene ring substituents is 1. The van der Waals surface area contributed by atoms with E-state index in [1.165, 1.54) is 25.3 Å². The standard InChI is InChI=1S/C18H14F3N3O4/c1-27-14-7-10(13(24(25)26)8-15(14)28-18(20)21)17-22-16-11(19)3-2-4-12(16)23(17)9-5-6-9/h2-4,7-9,18H,5-6H2,1H3. The van der Waals surface area contributed by atoms with Crippen molar-refractivity contribution in [3.8, 4) is 22.9 Å². The maximum Gasteiger partial charge on any atom is 0.387 e. The molecule has 0 atom stereocenters. The highest BCUT2D eigenvalue weighted by Crippen LogP contribution is 2.46. The van der Waals surface area contributed by atoms with E-state index in [2.05, 4.69) is 9.72 Å². The molecule has 0 amide bonds. The third-order valence-electron chi connectivity index (χ3n) is 4.52. The van der Waals surface area contributed by atoms with Crippen LogP contribution in [0, 0.1) is 15.9 Å². The van der Waals surface area contributed by atoms with Gasteiger partial charge >= 0.3 is 6.61 Å². The smallest absolute Gasteiger partial charge is 0.387 e. The molecule has 0 unspecified atom stereocenters. The quantitative estimate of drug-likeness (QED) is 0.448. The fourth-order valence-electron chi connectivity index (χ4n) is 3.20. The Morgan fingerprint density at radius 3 is 2.64 bits per heavy atom. The van der Waals surface area contributed by atoms with E-state index in [1.807, 2.05) is 0 Å². The van der Waals surface area contributed by atoms with Crippen molar-refractivity contribution in [3.63, 3.8) is 0 Å². The first-order chi connectivity index (χ1) is 13.4. The second kappa shape index (κ2) is 6.70. The number of fused-ring (bicyclic) bond motifs is 1. The molecule has 10 heteroatoms. The lowest BCUT2D eigenvalue weighted by molar-refractivity contribution is -0.384. The fraction of sp³-hybridized carbons (Fsp3) is 0.278. The summed E-state index contributed by atoms with van der Waals surface area (Å²) in [4.78, 5) is 15.2. The average Bonchev–Trinajstić information content (AvgIpc) is 3.41. The van der Waals surface area contributed by atoms with Crippen LogP contribution in [0.25, 0.3) is 22.4 Å². The molecule has 1 heterocycles. The summed E-state index contributed by atoms with van der Waals surface area (Å²) < 4.78 is 50.7. The molecule has 0 spiro atoms. The summed E-state index contributed by atoms with van der Waals surface area (Å²) in [7, 11) is 1.23. The minimum Gasteiger partial charge on any atom is -0.493 e. The number of nitrogens with zero attached hydrogens (tertiary/aromatic N) is 3. The Morgan fingerprint density at radius 1 is 1.29 bits per heavy atom. The first-order valence-corrected chi connectivity index (χ1v) is 8.38. The van der Waals surface area contributed by atoms with E-state index in [-0.39, 0.29) is 28.7 Å². The Hall–Kier alpha value is -3.30. The van der Waals surface area contributed by atoms with Crippen LogP contribution in [0.3, 0.4) is 0 Å². The molecule has 3 aromatic rings. The van der Waals surface area contributed by atoms with E-state index in [1.54, 1.807) is 10.6 Å². The Morgan fingerprint density at radius 2 is 2.04 bits per heavy atom. The molecule has 7 nitrogen and oxygen atoms in total. The van der Waals surface area contributed by atoms with E-state index in [4.69, 9.17) is 4.74 Å². The number of alkyl halides is 2. The SMILES string of the molecule is COc1cc(-c2nc3c(F)cccc3n2C2CC2)c([N+](=O)[O-])cc1OC(F)F. The van der Waals surface area contributed by atoms with Crippen LogP contribution in [-0.4, -0.2) is 28.2 Å². The first-order valence-electron chi connectivity index (χ1n) is 8.38. The number of nitro groups is 1. The number of rotatable bonds is 6. The van der Waals surface area contributed by atoms with Crippen LogP contribution in [-0.2, 0) is 0 Å². The van der Waals surface area contributed by atoms with Crippen LogP contribution < -0.4 is 9.47 Å². The van der Waals surface area contributed by atoms with Gasteiger partial charge in [-0.1, -0.05) is 6.07 Å². The van der Waals surface area contributed by atoms with Gasteiger partial charge in [0.05, 0.1) is 29.2 Å². The summed E-state index contributed by atoms with van der Waals surface area (Å²) in [5.41, 5.74) is 0.143. The summed E-state index contributed by atoms with van der Waals surface area (Å²) in [5, 5.41) is 11.6. The lowest BCUT2D eigenvalue weighted by atomic mass is 10.1. The molecule has 146 valence electrons. The highest BCUT2D eigenvalue weighted by atomic mass is 19.3. The predicted molar refractivity (Wildman–Crippen MR) is 93.2 cm³/mol. The molecule has 1 aliphatic rings. The Balaban J connectivity index is 2.00. The molecule has 1 saturated carbocycles. The Bertz CT molecular complexity index is 1080. The van der Waals surface area contributed by atoms with Crippen LogP contribution in [0.1, 0.15) is 18.9 Å². The number of hydrogen-bond donors (Lipinski definition) is 0. The monoisotopic (exact) mass is 393 g/mol. The van der Waals surface area contributed by atoms with Crippen molar-refractivity contribution in [3.05, 3.63) is 46.3 Å². The van der Waals surface area contributed by atoms with Crippen LogP contribution >= 0.6 is 0 Å². The van der Waals surface area contributed by atoms with Crippen molar-refractivity contribution in [2.24, 2.45) is 0 Å². The zero-order valence-corrected chi connectivity index (χ0v) is 14.6. The second-order valence-corrected chi connectivity index (χ2v) is 6.30. The van der Waals surface area contributed by atoms with Gasteiger partial charge in [0.1, 0.15) is 11.3 Å². The normalized spacial score (nSPS) is 13.9. The van der Waals surface area contributed by atoms with Crippen molar-refractivity contribution >= 4 is 16.7 Å². The molecular formula is C18H14F3N3O4. The number of halogens is 3. The molecule has 1 aliphatic carbocycles. The zero-order valence-electron chi connectivity index (χ0n) is 14.6. The summed E-state index contributed by atoms with van der Waals surface area (Å²) in [6.07, 6.45) is 1.65. The van der Waals surface area contributed by atoms with Gasteiger partial charge in [0.15, 0.2) is 17.3 Å². The number of ether oxygens (including phenoxy) is 2. The van der Waals surface area contributed by atoms with Crippen LogP contribution in [0.4, 0.5) is 18.9 Å². The van der Waals surface area contributed by atoms with Gasteiger partial charge < -0.3 is 14.0 Å². The van der Waals surface area contributed by atoms with Gasteiger partial charge in [-0.05, 0) is 25.0 Å². The molecule has 1 fully saturated rings. The molecule has 4 rings (SSSR count). The van der Waals surface area contributed by atoms with E-state index in [0.29, 0.717) is 5.52 Å². The van der Waals surface area contributed by atoms with Crippen molar-refractivity contribution in [2.45, 2.75) is 25.5 Å². The highest BCUT2D eigenvalue weighted by Gasteiger charge is 2.33. The molecule has 0 aliphatic heterocycles. The van der Waals surface area contributed by atoms with Gasteiger partial charge in [-0.25, -0.2) is 9.37 Å². The van der Waals surface area contributed by atoms with Gasteiger partial charge in [0, 0.05) is 12.1 Å². The Labute approximate surface area is 156 Å². The number of imidazole rings is 1. The van der Waals surface area contributed by atoms with E-state index in [9.17, 15) is 23.3 Å². The molecule has 0 radical (unpaired) electrons. The van der Waals surface area contributed by atoms with Crippen LogP contribution in [0.2, 0.25) is 0 Å². The third-order valence-corrected chi connectivity index (χ3v) is 4.52. The summed E-state index contributed by atoms with van der Waals surface area (Å²) >= 11 is 0. The van der Waals surface area contributed by atoms with Gasteiger partial charge in [-0.2, -0.15) is 8.78 Å². The zero-order chi connectivity index (χ0) is 20.0. The lowest BCUT2D eigenvalue weighted by Gasteiger charge is -2.13. The molecule has 1 aromatic heterocycles. The maximum absolute atomic E-state index is 14.3. The number of benzene rings is 2. The van der Waals surface area contributed by atoms with Gasteiger partial charge in [-0.15, -0.1) is 0 Å². The molecule has 0 saturated heterocycles. The Kier molecular flexibility index (Phi) is 4.33. The summed E-state index contributed by atoms with van der Waals surface area (Å²) in [5.74, 6) is -0.953. The van der Waals surface area contributed by atoms with Gasteiger partial charge in [0.2, 0.25) is 0 Å². The van der Waals surface area contributed by atoms with Gasteiger partial charge in [0.25, 0.3) is 5.69 Å². The van der Waals surface area contributed by atoms with E-state index in [0.717, 1.165) is 18.9 Å². The van der Waals surface area contributed by atoms with Crippen molar-refractivity contribution < 1.29 is 27.6 Å². The van der Waals surface area contributed by atoms with Crippen LogP contribution in [0.15, 0.2) is 30.3 Å². The van der Waals surface area contributed by atoms with Crippen molar-refractivity contribution in [1.29, 1.82) is 0 Å². The highest BCUT2D eigenvalue weighted by molar-refractivity contribution is 5.84. The summed E-state index contributed by atoms with van der Waals surface area (Å²) in [6.45, 7) is -3.18. The molecule has 2 aromatic carbocycles. The van der Waals surface area contributed by atoms with E-state index < -0.39 is 28.8 Å². The van der Waals surface area contributed by atoms with Crippen LogP contribution in [0.5, 0.6) is 11.5 Å². The van der Waals surface area contributed by atoms with Crippen molar-refractivity contribution in [1.82, 2.24) is 9.55 Å². The number of aromatic nitrogens is 2. The van der Waals surface area contributed by atoms with Crippen molar-refractivity contribution in [2.75, 3.05) is 7.11 Å². The lowest BCUT2D eigenvalue weighted by Crippen LogP contribution is -2.06. The number of para-hydroxylation sites is 1. The average molecular weight is 393 g/mol. The molecule has 0 N–H and O–H groups in total. The van der Waals surface area contributed by atoms with Gasteiger partial charge in [-0.3, -0.25) is 10.1 Å². The molecular weight excluding hydrogens is 379 g/mol. The number of methoxy groups -OCH3 is 1. The minimum absolute atomic E-state index is 0.0318. The first kappa shape index (κ1) is 18.1. The maximum atomic E-state index is 14.3. The third kappa shape index (κ3) is 3.00. The molecule has 0 bridgehead atoms. The van der Waals surface area contributed by atoms with E-state index >= 15 is 0 Å².